The SMILES string of the molecule is CSc1nc(NCCc2c[nH]cn2)n2nccc2n1. The summed E-state index contributed by atoms with van der Waals surface area (Å²) in [6.45, 7) is 0.741. The Hall–Kier alpha value is -2.09. The highest BCUT2D eigenvalue weighted by molar-refractivity contribution is 7.98. The van der Waals surface area contributed by atoms with Gasteiger partial charge in [0.15, 0.2) is 10.8 Å². The predicted molar refractivity (Wildman–Crippen MR) is 73.3 cm³/mol. The number of hydrogen-bond acceptors (Lipinski definition) is 6. The van der Waals surface area contributed by atoms with Gasteiger partial charge in [-0.25, -0.2) is 9.97 Å². The lowest BCUT2D eigenvalue weighted by Crippen LogP contribution is -2.12. The monoisotopic (exact) mass is 275 g/mol. The summed E-state index contributed by atoms with van der Waals surface area (Å²) >= 11 is 1.51. The van der Waals surface area contributed by atoms with Crippen molar-refractivity contribution in [2.24, 2.45) is 0 Å². The lowest BCUT2D eigenvalue weighted by atomic mass is 10.3. The van der Waals surface area contributed by atoms with E-state index < -0.39 is 0 Å². The molecule has 0 fully saturated rings. The number of anilines is 1. The molecule has 0 unspecified atom stereocenters. The summed E-state index contributed by atoms with van der Waals surface area (Å²) < 4.78 is 1.70. The van der Waals surface area contributed by atoms with E-state index in [4.69, 9.17) is 0 Å². The van der Waals surface area contributed by atoms with E-state index in [9.17, 15) is 0 Å². The van der Waals surface area contributed by atoms with Crippen LogP contribution < -0.4 is 5.32 Å². The molecule has 0 spiro atoms. The van der Waals surface area contributed by atoms with Crippen molar-refractivity contribution in [2.75, 3.05) is 18.1 Å². The summed E-state index contributed by atoms with van der Waals surface area (Å²) in [5.74, 6) is 0.704. The Balaban J connectivity index is 1.77. The lowest BCUT2D eigenvalue weighted by molar-refractivity contribution is 0.824. The van der Waals surface area contributed by atoms with Gasteiger partial charge >= 0.3 is 0 Å². The number of hydrogen-bond donors (Lipinski definition) is 2. The van der Waals surface area contributed by atoms with Gasteiger partial charge in [-0.3, -0.25) is 0 Å². The average molecular weight is 275 g/mol. The van der Waals surface area contributed by atoms with Crippen molar-refractivity contribution in [2.45, 2.75) is 11.6 Å². The molecule has 0 amide bonds. The van der Waals surface area contributed by atoms with Crippen LogP contribution in [0.15, 0.2) is 29.9 Å². The summed E-state index contributed by atoms with van der Waals surface area (Å²) in [6, 6.07) is 1.86. The van der Waals surface area contributed by atoms with Crippen molar-refractivity contribution in [3.05, 3.63) is 30.5 Å². The molecule has 3 aromatic rings. The highest BCUT2D eigenvalue weighted by atomic mass is 32.2. The third kappa shape index (κ3) is 2.53. The molecular formula is C11H13N7S. The number of nitrogens with zero attached hydrogens (tertiary/aromatic N) is 5. The molecular weight excluding hydrogens is 262 g/mol. The quantitative estimate of drug-likeness (QED) is 0.681. The molecule has 0 atom stereocenters. The average Bonchev–Trinajstić information content (AvgIpc) is 3.08. The highest BCUT2D eigenvalue weighted by Crippen LogP contribution is 2.14. The van der Waals surface area contributed by atoms with Gasteiger partial charge in [0, 0.05) is 25.2 Å². The van der Waals surface area contributed by atoms with Crippen LogP contribution in [0.25, 0.3) is 5.65 Å². The molecule has 0 aromatic carbocycles. The first-order valence-corrected chi connectivity index (χ1v) is 7.06. The van der Waals surface area contributed by atoms with Gasteiger partial charge in [-0.2, -0.15) is 14.6 Å². The molecule has 0 radical (unpaired) electrons. The van der Waals surface area contributed by atoms with Gasteiger partial charge in [0.25, 0.3) is 0 Å². The standard InChI is InChI=1S/C11H13N7S/c1-19-11-16-9-3-5-15-18(9)10(17-11)13-4-2-8-6-12-7-14-8/h3,5-7H,2,4H2,1H3,(H,12,14)(H,13,16,17). The van der Waals surface area contributed by atoms with Gasteiger partial charge < -0.3 is 10.3 Å². The topological polar surface area (TPSA) is 83.8 Å². The Morgan fingerprint density at radius 2 is 2.37 bits per heavy atom. The molecule has 0 aliphatic carbocycles. The zero-order chi connectivity index (χ0) is 13.1. The molecule has 3 rings (SSSR count). The van der Waals surface area contributed by atoms with E-state index in [1.54, 1.807) is 17.0 Å². The first kappa shape index (κ1) is 12.0. The minimum atomic E-state index is 0.704. The number of thioether (sulfide) groups is 1. The Morgan fingerprint density at radius 3 is 3.16 bits per heavy atom. The molecule has 98 valence electrons. The first-order chi connectivity index (χ1) is 9.36. The highest BCUT2D eigenvalue weighted by Gasteiger charge is 2.07. The molecule has 0 saturated carbocycles. The lowest BCUT2D eigenvalue weighted by Gasteiger charge is -2.07. The molecule has 3 aromatic heterocycles. The molecule has 0 saturated heterocycles. The summed E-state index contributed by atoms with van der Waals surface area (Å²) in [7, 11) is 0. The zero-order valence-electron chi connectivity index (χ0n) is 10.4. The number of aromatic nitrogens is 6. The maximum absolute atomic E-state index is 4.42. The Morgan fingerprint density at radius 1 is 1.42 bits per heavy atom. The maximum Gasteiger partial charge on any atom is 0.228 e. The van der Waals surface area contributed by atoms with Crippen molar-refractivity contribution in [3.63, 3.8) is 0 Å². The molecule has 19 heavy (non-hydrogen) atoms. The second-order valence-corrected chi connectivity index (χ2v) is 4.65. The third-order valence-electron chi connectivity index (χ3n) is 2.64. The van der Waals surface area contributed by atoms with Crippen LogP contribution in [-0.2, 0) is 6.42 Å². The van der Waals surface area contributed by atoms with Crippen LogP contribution in [0.1, 0.15) is 5.69 Å². The number of fused-ring (bicyclic) bond motifs is 1. The van der Waals surface area contributed by atoms with Crippen LogP contribution in [0.4, 0.5) is 5.95 Å². The van der Waals surface area contributed by atoms with E-state index in [0.29, 0.717) is 5.95 Å². The van der Waals surface area contributed by atoms with E-state index in [1.165, 1.54) is 11.8 Å². The van der Waals surface area contributed by atoms with E-state index in [0.717, 1.165) is 29.5 Å². The van der Waals surface area contributed by atoms with Crippen LogP contribution in [-0.4, -0.2) is 42.4 Å². The van der Waals surface area contributed by atoms with Crippen molar-refractivity contribution < 1.29 is 0 Å². The number of H-pyrrole nitrogens is 1. The minimum Gasteiger partial charge on any atom is -0.354 e. The molecule has 0 bridgehead atoms. The van der Waals surface area contributed by atoms with Crippen molar-refractivity contribution >= 4 is 23.4 Å². The fraction of sp³-hybridized carbons (Fsp3) is 0.273. The molecule has 8 heteroatoms. The van der Waals surface area contributed by atoms with Gasteiger partial charge in [0.1, 0.15) is 0 Å². The van der Waals surface area contributed by atoms with Gasteiger partial charge in [-0.05, 0) is 6.26 Å². The van der Waals surface area contributed by atoms with Crippen molar-refractivity contribution in [1.82, 2.24) is 29.5 Å². The number of aromatic amines is 1. The number of rotatable bonds is 5. The molecule has 7 nitrogen and oxygen atoms in total. The molecule has 0 aliphatic heterocycles. The second-order valence-electron chi connectivity index (χ2n) is 3.87. The Labute approximate surface area is 113 Å². The van der Waals surface area contributed by atoms with Crippen LogP contribution in [0.3, 0.4) is 0 Å². The number of imidazole rings is 1. The first-order valence-electron chi connectivity index (χ1n) is 5.84. The van der Waals surface area contributed by atoms with Crippen LogP contribution in [0.5, 0.6) is 0 Å². The van der Waals surface area contributed by atoms with Gasteiger partial charge in [-0.15, -0.1) is 0 Å². The van der Waals surface area contributed by atoms with E-state index in [-0.39, 0.29) is 0 Å². The summed E-state index contributed by atoms with van der Waals surface area (Å²) in [4.78, 5) is 15.9. The van der Waals surface area contributed by atoms with Gasteiger partial charge in [0.2, 0.25) is 5.95 Å². The summed E-state index contributed by atoms with van der Waals surface area (Å²) in [6.07, 6.45) is 8.06. The largest absolute Gasteiger partial charge is 0.354 e. The molecule has 3 heterocycles. The second kappa shape index (κ2) is 5.27. The minimum absolute atomic E-state index is 0.704. The third-order valence-corrected chi connectivity index (χ3v) is 3.18. The van der Waals surface area contributed by atoms with E-state index >= 15 is 0 Å². The van der Waals surface area contributed by atoms with Gasteiger partial charge in [0.05, 0.1) is 18.2 Å². The van der Waals surface area contributed by atoms with Crippen LogP contribution in [0, 0.1) is 0 Å². The normalized spacial score (nSPS) is 11.0. The molecule has 0 aliphatic rings. The molecule has 2 N–H and O–H groups in total. The summed E-state index contributed by atoms with van der Waals surface area (Å²) in [5.41, 5.74) is 1.81. The van der Waals surface area contributed by atoms with Crippen LogP contribution in [0.2, 0.25) is 0 Å². The smallest absolute Gasteiger partial charge is 0.228 e. The van der Waals surface area contributed by atoms with E-state index in [2.05, 4.69) is 30.4 Å². The zero-order valence-corrected chi connectivity index (χ0v) is 11.2. The fourth-order valence-corrected chi connectivity index (χ4v) is 2.10. The van der Waals surface area contributed by atoms with Gasteiger partial charge in [-0.1, -0.05) is 11.8 Å². The van der Waals surface area contributed by atoms with Crippen molar-refractivity contribution in [3.8, 4) is 0 Å². The Kier molecular flexibility index (Phi) is 3.32. The summed E-state index contributed by atoms with van der Waals surface area (Å²) in [5, 5.41) is 8.21. The number of nitrogens with one attached hydrogen (secondary N) is 2. The maximum atomic E-state index is 4.42. The predicted octanol–water partition coefficient (Wildman–Crippen LogP) is 1.22. The Bertz CT molecular complexity index is 661. The van der Waals surface area contributed by atoms with E-state index in [1.807, 2.05) is 18.5 Å². The fourth-order valence-electron chi connectivity index (χ4n) is 1.74. The van der Waals surface area contributed by atoms with Crippen LogP contribution >= 0.6 is 11.8 Å². The van der Waals surface area contributed by atoms with Crippen molar-refractivity contribution in [1.29, 1.82) is 0 Å².